The quantitative estimate of drug-likeness (QED) is 0.426. The number of hydrogen-bond donors (Lipinski definition) is 1. The lowest BCUT2D eigenvalue weighted by atomic mass is 10.3. The average Bonchev–Trinajstić information content (AvgIpc) is 2.26. The van der Waals surface area contributed by atoms with Gasteiger partial charge in [0.15, 0.2) is 0 Å². The van der Waals surface area contributed by atoms with Crippen molar-refractivity contribution < 1.29 is 4.74 Å². The summed E-state index contributed by atoms with van der Waals surface area (Å²) in [6, 6.07) is 1.73. The number of ether oxygens (including phenoxy) is 1. The number of nitriles is 1. The minimum absolute atomic E-state index is 0.114. The predicted molar refractivity (Wildman–Crippen MR) is 63.7 cm³/mol. The first kappa shape index (κ1) is 15.6. The van der Waals surface area contributed by atoms with Crippen molar-refractivity contribution >= 4 is 5.71 Å². The van der Waals surface area contributed by atoms with E-state index in [0.29, 0.717) is 6.42 Å². The lowest BCUT2D eigenvalue weighted by Gasteiger charge is -1.95. The number of nitrogens with zero attached hydrogens (tertiary/aromatic N) is 1. The van der Waals surface area contributed by atoms with Gasteiger partial charge >= 0.3 is 0 Å². The molecule has 0 saturated carbocycles. The van der Waals surface area contributed by atoms with Crippen LogP contribution in [0.4, 0.5) is 0 Å². The molecule has 15 heavy (non-hydrogen) atoms. The monoisotopic (exact) mass is 206 g/mol. The van der Waals surface area contributed by atoms with Gasteiger partial charge in [0.05, 0.1) is 12.9 Å². The van der Waals surface area contributed by atoms with Crippen LogP contribution in [0, 0.1) is 16.7 Å². The molecule has 3 heteroatoms. The molecule has 0 aliphatic heterocycles. The van der Waals surface area contributed by atoms with E-state index in [4.69, 9.17) is 15.4 Å². The maximum absolute atomic E-state index is 8.05. The van der Waals surface area contributed by atoms with E-state index in [2.05, 4.69) is 13.2 Å². The first-order chi connectivity index (χ1) is 7.12. The van der Waals surface area contributed by atoms with E-state index in [1.165, 1.54) is 0 Å². The Bertz CT molecular complexity index is 272. The fourth-order valence-electron chi connectivity index (χ4n) is 0.526. The van der Waals surface area contributed by atoms with E-state index in [1.54, 1.807) is 25.3 Å². The van der Waals surface area contributed by atoms with Crippen LogP contribution in [-0.2, 0) is 4.74 Å². The summed E-state index contributed by atoms with van der Waals surface area (Å²) in [5.41, 5.74) is 0.114. The molecule has 82 valence electrons. The third kappa shape index (κ3) is 15.0. The molecular formula is C12H18N2O. The van der Waals surface area contributed by atoms with Crippen LogP contribution in [0.2, 0.25) is 0 Å². The molecule has 0 unspecified atom stereocenters. The first-order valence-electron chi connectivity index (χ1n) is 4.53. The van der Waals surface area contributed by atoms with Crippen molar-refractivity contribution in [3.63, 3.8) is 0 Å². The van der Waals surface area contributed by atoms with Crippen LogP contribution in [0.1, 0.15) is 19.8 Å². The van der Waals surface area contributed by atoms with Crippen LogP contribution in [0.3, 0.4) is 0 Å². The van der Waals surface area contributed by atoms with Gasteiger partial charge in [-0.15, -0.1) is 6.58 Å². The summed E-state index contributed by atoms with van der Waals surface area (Å²) >= 11 is 0. The normalized spacial score (nSPS) is 8.33. The Hall–Kier alpha value is -1.82. The molecule has 0 radical (unpaired) electrons. The van der Waals surface area contributed by atoms with Crippen molar-refractivity contribution in [3.05, 3.63) is 37.1 Å². The second-order valence-electron chi connectivity index (χ2n) is 2.60. The highest BCUT2D eigenvalue weighted by atomic mass is 16.5. The average molecular weight is 206 g/mol. The van der Waals surface area contributed by atoms with Gasteiger partial charge in [-0.2, -0.15) is 5.26 Å². The molecule has 1 N–H and O–H groups in total. The molecule has 0 aromatic heterocycles. The fourth-order valence-corrected chi connectivity index (χ4v) is 0.526. The lowest BCUT2D eigenvalue weighted by Crippen LogP contribution is -1.85. The molecule has 0 spiro atoms. The summed E-state index contributed by atoms with van der Waals surface area (Å²) in [6.07, 6.45) is 6.58. The number of methoxy groups -OCH3 is 1. The Morgan fingerprint density at radius 1 is 1.53 bits per heavy atom. The smallest absolute Gasteiger partial charge is 0.114 e. The highest BCUT2D eigenvalue weighted by Gasteiger charge is 1.84. The molecule has 0 bridgehead atoms. The number of nitrogens with one attached hydrogen (secondary N) is 1. The first-order valence-corrected chi connectivity index (χ1v) is 4.53. The number of allylic oxidation sites excluding steroid dienone is 3. The highest BCUT2D eigenvalue weighted by molar-refractivity contribution is 5.96. The molecule has 0 atom stereocenters. The van der Waals surface area contributed by atoms with Crippen molar-refractivity contribution in [3.8, 4) is 6.07 Å². The maximum atomic E-state index is 8.05. The standard InChI is InChI=1S/C6H8N2.C6H10O/c1-2-3-4-6(8)5-7;1-4-5-6(2)7-3/h2-3,8H,4H2,1H3;4H,1-2,5H2,3H3/b3-2-,8-6?;. The summed E-state index contributed by atoms with van der Waals surface area (Å²) in [5.74, 6) is 0.759. The van der Waals surface area contributed by atoms with E-state index in [-0.39, 0.29) is 5.71 Å². The van der Waals surface area contributed by atoms with Gasteiger partial charge < -0.3 is 4.74 Å². The van der Waals surface area contributed by atoms with Crippen molar-refractivity contribution in [2.24, 2.45) is 0 Å². The van der Waals surface area contributed by atoms with Crippen LogP contribution in [0.15, 0.2) is 37.1 Å². The van der Waals surface area contributed by atoms with Gasteiger partial charge in [-0.05, 0) is 6.92 Å². The molecule has 0 aromatic carbocycles. The summed E-state index contributed by atoms with van der Waals surface area (Å²) in [6.45, 7) is 8.94. The fraction of sp³-hybridized carbons (Fsp3) is 0.333. The van der Waals surface area contributed by atoms with E-state index in [9.17, 15) is 0 Å². The van der Waals surface area contributed by atoms with Crippen LogP contribution >= 0.6 is 0 Å². The second kappa shape index (κ2) is 12.2. The van der Waals surface area contributed by atoms with Crippen LogP contribution < -0.4 is 0 Å². The van der Waals surface area contributed by atoms with Crippen molar-refractivity contribution in [2.45, 2.75) is 19.8 Å². The molecule has 0 aliphatic rings. The third-order valence-corrected chi connectivity index (χ3v) is 1.35. The SMILES string of the molecule is C/C=C\CC(=N)C#N.C=CCC(=C)OC. The number of hydrogen-bond acceptors (Lipinski definition) is 3. The largest absolute Gasteiger partial charge is 0.501 e. The lowest BCUT2D eigenvalue weighted by molar-refractivity contribution is 0.287. The molecule has 0 saturated heterocycles. The third-order valence-electron chi connectivity index (χ3n) is 1.35. The van der Waals surface area contributed by atoms with Crippen LogP contribution in [0.25, 0.3) is 0 Å². The van der Waals surface area contributed by atoms with Gasteiger partial charge in [0.2, 0.25) is 0 Å². The zero-order valence-electron chi connectivity index (χ0n) is 9.42. The van der Waals surface area contributed by atoms with Gasteiger partial charge in [-0.1, -0.05) is 24.8 Å². The van der Waals surface area contributed by atoms with E-state index < -0.39 is 0 Å². The Balaban J connectivity index is 0. The van der Waals surface area contributed by atoms with Gasteiger partial charge in [-0.25, -0.2) is 0 Å². The van der Waals surface area contributed by atoms with Gasteiger partial charge in [-0.3, -0.25) is 5.41 Å². The van der Waals surface area contributed by atoms with Crippen molar-refractivity contribution in [2.75, 3.05) is 7.11 Å². The Labute approximate surface area is 91.9 Å². The maximum Gasteiger partial charge on any atom is 0.114 e. The van der Waals surface area contributed by atoms with Crippen molar-refractivity contribution in [1.82, 2.24) is 0 Å². The summed E-state index contributed by atoms with van der Waals surface area (Å²) < 4.78 is 4.72. The Morgan fingerprint density at radius 3 is 2.40 bits per heavy atom. The summed E-state index contributed by atoms with van der Waals surface area (Å²) in [5, 5.41) is 14.9. The van der Waals surface area contributed by atoms with Crippen LogP contribution in [-0.4, -0.2) is 12.8 Å². The predicted octanol–water partition coefficient (Wildman–Crippen LogP) is 3.22. The molecular weight excluding hydrogens is 188 g/mol. The topological polar surface area (TPSA) is 56.9 Å². The molecule has 0 rings (SSSR count). The van der Waals surface area contributed by atoms with Crippen LogP contribution in [0.5, 0.6) is 0 Å². The van der Waals surface area contributed by atoms with Gasteiger partial charge in [0.1, 0.15) is 11.8 Å². The van der Waals surface area contributed by atoms with Crippen molar-refractivity contribution in [1.29, 1.82) is 10.7 Å². The molecule has 0 aliphatic carbocycles. The zero-order valence-corrected chi connectivity index (χ0v) is 9.42. The van der Waals surface area contributed by atoms with E-state index in [0.717, 1.165) is 12.2 Å². The summed E-state index contributed by atoms with van der Waals surface area (Å²) in [7, 11) is 1.60. The van der Waals surface area contributed by atoms with E-state index in [1.807, 2.05) is 13.0 Å². The Kier molecular flexibility index (Phi) is 12.7. The zero-order chi connectivity index (χ0) is 12.1. The minimum atomic E-state index is 0.114. The molecule has 0 heterocycles. The Morgan fingerprint density at radius 2 is 2.13 bits per heavy atom. The molecule has 0 amide bonds. The van der Waals surface area contributed by atoms with Gasteiger partial charge in [0, 0.05) is 12.8 Å². The highest BCUT2D eigenvalue weighted by Crippen LogP contribution is 1.95. The van der Waals surface area contributed by atoms with Gasteiger partial charge in [0.25, 0.3) is 0 Å². The second-order valence-corrected chi connectivity index (χ2v) is 2.60. The number of rotatable bonds is 5. The van der Waals surface area contributed by atoms with E-state index >= 15 is 0 Å². The molecule has 3 nitrogen and oxygen atoms in total. The molecule has 0 aromatic rings. The summed E-state index contributed by atoms with van der Waals surface area (Å²) in [4.78, 5) is 0. The minimum Gasteiger partial charge on any atom is -0.501 e. The molecule has 0 fully saturated rings.